The second-order valence-corrected chi connectivity index (χ2v) is 9.29. The first-order valence-corrected chi connectivity index (χ1v) is 9.91. The quantitative estimate of drug-likeness (QED) is 0.682. The minimum absolute atomic E-state index is 0.482. The van der Waals surface area contributed by atoms with E-state index in [0.717, 1.165) is 25.6 Å². The van der Waals surface area contributed by atoms with Crippen LogP contribution >= 0.6 is 0 Å². The Labute approximate surface area is 162 Å². The fraction of sp³-hybridized carbons (Fsp3) is 0.789. The molecule has 2 aliphatic rings. The van der Waals surface area contributed by atoms with Gasteiger partial charge in [0.15, 0.2) is 0 Å². The second kappa shape index (κ2) is 7.64. The maximum atomic E-state index is 14.6. The first-order valence-electron chi connectivity index (χ1n) is 9.91. The largest absolute Gasteiger partial charge is 0.525 e. The van der Waals surface area contributed by atoms with E-state index in [1.165, 1.54) is 19.0 Å². The third kappa shape index (κ3) is 4.79. The average Bonchev–Trinajstić information content (AvgIpc) is 3.03. The zero-order valence-electron chi connectivity index (χ0n) is 17.4. The van der Waals surface area contributed by atoms with Crippen LogP contribution in [-0.2, 0) is 15.9 Å². The van der Waals surface area contributed by atoms with Gasteiger partial charge >= 0.3 is 7.12 Å². The molecule has 1 aromatic heterocycles. The predicted octanol–water partition coefficient (Wildman–Crippen LogP) is 3.20. The molecule has 0 unspecified atom stereocenters. The SMILES string of the molecule is CC(C)CCN1CC(Cn2cc(C=C(F)B3OC(C)(C)C(C)(C)O3)nn2)C1. The Morgan fingerprint density at radius 3 is 2.52 bits per heavy atom. The average molecular weight is 378 g/mol. The van der Waals surface area contributed by atoms with Crippen molar-refractivity contribution < 1.29 is 13.7 Å². The summed E-state index contributed by atoms with van der Waals surface area (Å²) in [5.41, 5.74) is -1.12. The molecule has 0 aliphatic carbocycles. The molecule has 0 atom stereocenters. The van der Waals surface area contributed by atoms with E-state index in [9.17, 15) is 4.39 Å². The number of likely N-dealkylation sites (tertiary alicyclic amines) is 1. The zero-order valence-corrected chi connectivity index (χ0v) is 17.4. The van der Waals surface area contributed by atoms with Crippen LogP contribution in [0.2, 0.25) is 0 Å². The summed E-state index contributed by atoms with van der Waals surface area (Å²) in [4.78, 5) is 2.47. The van der Waals surface area contributed by atoms with Gasteiger partial charge in [0.2, 0.25) is 0 Å². The van der Waals surface area contributed by atoms with Gasteiger partial charge in [-0.05, 0) is 52.7 Å². The van der Waals surface area contributed by atoms with Gasteiger partial charge in [0.05, 0.1) is 17.4 Å². The third-order valence-corrected chi connectivity index (χ3v) is 5.82. The minimum Gasteiger partial charge on any atom is -0.398 e. The standard InChI is InChI=1S/C19H32BFN4O2/c1-14(2)7-8-24-10-15(11-24)12-25-13-16(22-23-25)9-17(21)20-26-18(3,4)19(5,6)27-20/h9,13-15H,7-8,10-12H2,1-6H3. The maximum absolute atomic E-state index is 14.6. The highest BCUT2D eigenvalue weighted by Crippen LogP contribution is 2.39. The van der Waals surface area contributed by atoms with Crippen LogP contribution < -0.4 is 0 Å². The van der Waals surface area contributed by atoms with Crippen molar-refractivity contribution in [2.24, 2.45) is 11.8 Å². The molecule has 0 radical (unpaired) electrons. The molecule has 0 amide bonds. The minimum atomic E-state index is -0.999. The lowest BCUT2D eigenvalue weighted by Crippen LogP contribution is -2.48. The van der Waals surface area contributed by atoms with Gasteiger partial charge in [0.1, 0.15) is 11.4 Å². The van der Waals surface area contributed by atoms with Crippen LogP contribution in [0.1, 0.15) is 53.7 Å². The summed E-state index contributed by atoms with van der Waals surface area (Å²) in [5, 5.41) is 8.19. The molecule has 0 bridgehead atoms. The Morgan fingerprint density at radius 2 is 1.93 bits per heavy atom. The molecule has 3 rings (SSSR count). The summed E-state index contributed by atoms with van der Waals surface area (Å²) in [6.45, 7) is 16.3. The Morgan fingerprint density at radius 1 is 1.30 bits per heavy atom. The number of hydrogen-bond donors (Lipinski definition) is 0. The van der Waals surface area contributed by atoms with Crippen LogP contribution in [0.3, 0.4) is 0 Å². The van der Waals surface area contributed by atoms with Gasteiger partial charge in [-0.25, -0.2) is 4.39 Å². The summed E-state index contributed by atoms with van der Waals surface area (Å²) < 4.78 is 27.8. The van der Waals surface area contributed by atoms with E-state index < -0.39 is 24.0 Å². The molecule has 0 spiro atoms. The summed E-state index contributed by atoms with van der Waals surface area (Å²) in [6.07, 6.45) is 4.37. The number of halogens is 1. The molecular weight excluding hydrogens is 346 g/mol. The fourth-order valence-corrected chi connectivity index (χ4v) is 3.31. The van der Waals surface area contributed by atoms with E-state index in [-0.39, 0.29) is 0 Å². The van der Waals surface area contributed by atoms with E-state index in [1.54, 1.807) is 10.9 Å². The molecule has 6 nitrogen and oxygen atoms in total. The highest BCUT2D eigenvalue weighted by Gasteiger charge is 2.53. The van der Waals surface area contributed by atoms with Crippen molar-refractivity contribution in [2.75, 3.05) is 19.6 Å². The second-order valence-electron chi connectivity index (χ2n) is 9.29. The Balaban J connectivity index is 1.51. The van der Waals surface area contributed by atoms with Crippen LogP contribution in [0.4, 0.5) is 4.39 Å². The topological polar surface area (TPSA) is 52.4 Å². The third-order valence-electron chi connectivity index (χ3n) is 5.82. The Bertz CT molecular complexity index is 667. The van der Waals surface area contributed by atoms with Gasteiger partial charge in [0, 0.05) is 25.6 Å². The molecule has 8 heteroatoms. The van der Waals surface area contributed by atoms with E-state index >= 15 is 0 Å². The first kappa shape index (κ1) is 20.5. The molecule has 0 N–H and O–H groups in total. The monoisotopic (exact) mass is 378 g/mol. The van der Waals surface area contributed by atoms with E-state index in [2.05, 4.69) is 29.1 Å². The highest BCUT2D eigenvalue weighted by atomic mass is 19.1. The maximum Gasteiger partial charge on any atom is 0.525 e. The van der Waals surface area contributed by atoms with E-state index in [4.69, 9.17) is 9.31 Å². The Kier molecular flexibility index (Phi) is 5.80. The van der Waals surface area contributed by atoms with Gasteiger partial charge in [-0.1, -0.05) is 19.1 Å². The number of aromatic nitrogens is 3. The van der Waals surface area contributed by atoms with Crippen LogP contribution in [0.25, 0.3) is 6.08 Å². The lowest BCUT2D eigenvalue weighted by Gasteiger charge is -2.39. The zero-order chi connectivity index (χ0) is 19.8. The van der Waals surface area contributed by atoms with Crippen molar-refractivity contribution >= 4 is 13.2 Å². The fourth-order valence-electron chi connectivity index (χ4n) is 3.31. The van der Waals surface area contributed by atoms with Crippen molar-refractivity contribution in [3.05, 3.63) is 17.6 Å². The molecule has 0 aromatic carbocycles. The first-order chi connectivity index (χ1) is 12.6. The molecule has 3 heterocycles. The number of rotatable bonds is 7. The summed E-state index contributed by atoms with van der Waals surface area (Å²) in [7, 11) is -0.999. The summed E-state index contributed by atoms with van der Waals surface area (Å²) in [6, 6.07) is 0. The van der Waals surface area contributed by atoms with Gasteiger partial charge in [-0.3, -0.25) is 4.68 Å². The van der Waals surface area contributed by atoms with Crippen LogP contribution in [-0.4, -0.2) is 57.8 Å². The predicted molar refractivity (Wildman–Crippen MR) is 105 cm³/mol. The van der Waals surface area contributed by atoms with Gasteiger partial charge in [-0.15, -0.1) is 5.10 Å². The molecule has 2 aliphatic heterocycles. The highest BCUT2D eigenvalue weighted by molar-refractivity contribution is 6.54. The number of nitrogens with zero attached hydrogens (tertiary/aromatic N) is 4. The van der Waals surface area contributed by atoms with Crippen molar-refractivity contribution in [3.8, 4) is 0 Å². The van der Waals surface area contributed by atoms with Crippen LogP contribution in [0.15, 0.2) is 11.9 Å². The molecule has 27 heavy (non-hydrogen) atoms. The lowest BCUT2D eigenvalue weighted by atomic mass is 9.87. The molecule has 2 fully saturated rings. The smallest absolute Gasteiger partial charge is 0.398 e. The molecular formula is C19H32BFN4O2. The molecule has 2 saturated heterocycles. The molecule has 0 saturated carbocycles. The molecule has 1 aromatic rings. The van der Waals surface area contributed by atoms with Crippen LogP contribution in [0.5, 0.6) is 0 Å². The van der Waals surface area contributed by atoms with Crippen molar-refractivity contribution in [1.29, 1.82) is 0 Å². The van der Waals surface area contributed by atoms with E-state index in [0.29, 0.717) is 11.6 Å². The van der Waals surface area contributed by atoms with Crippen LogP contribution in [0, 0.1) is 11.8 Å². The van der Waals surface area contributed by atoms with Crippen molar-refractivity contribution in [1.82, 2.24) is 19.9 Å². The normalized spacial score (nSPS) is 23.3. The van der Waals surface area contributed by atoms with Crippen molar-refractivity contribution in [2.45, 2.75) is 65.7 Å². The van der Waals surface area contributed by atoms with Gasteiger partial charge < -0.3 is 14.2 Å². The summed E-state index contributed by atoms with van der Waals surface area (Å²) in [5.74, 6) is 1.33. The lowest BCUT2D eigenvalue weighted by molar-refractivity contribution is 0.00578. The summed E-state index contributed by atoms with van der Waals surface area (Å²) >= 11 is 0. The number of hydrogen-bond acceptors (Lipinski definition) is 5. The van der Waals surface area contributed by atoms with Crippen molar-refractivity contribution in [3.63, 3.8) is 0 Å². The van der Waals surface area contributed by atoms with E-state index in [1.807, 2.05) is 27.7 Å². The van der Waals surface area contributed by atoms with Gasteiger partial charge in [0.25, 0.3) is 0 Å². The van der Waals surface area contributed by atoms with Gasteiger partial charge in [-0.2, -0.15) is 0 Å². The Hall–Kier alpha value is -1.25. The molecule has 150 valence electrons.